The van der Waals surface area contributed by atoms with Crippen molar-refractivity contribution < 1.29 is 4.79 Å². The van der Waals surface area contributed by atoms with Crippen LogP contribution in [-0.4, -0.2) is 41.0 Å². The zero-order valence-corrected chi connectivity index (χ0v) is 11.2. The van der Waals surface area contributed by atoms with Crippen LogP contribution >= 0.6 is 0 Å². The van der Waals surface area contributed by atoms with Crippen LogP contribution in [0.15, 0.2) is 18.5 Å². The molecule has 1 aliphatic heterocycles. The first-order chi connectivity index (χ1) is 9.15. The number of piperidine rings is 1. The summed E-state index contributed by atoms with van der Waals surface area (Å²) in [4.78, 5) is 22.3. The van der Waals surface area contributed by atoms with E-state index in [2.05, 4.69) is 20.2 Å². The lowest BCUT2D eigenvalue weighted by molar-refractivity contribution is -0.122. The molecule has 0 spiro atoms. The minimum atomic E-state index is -0.0999. The molecule has 104 valence electrons. The van der Waals surface area contributed by atoms with Crippen molar-refractivity contribution in [1.82, 2.24) is 15.3 Å². The van der Waals surface area contributed by atoms with Crippen LogP contribution in [0.4, 0.5) is 5.95 Å². The average molecular weight is 263 g/mol. The van der Waals surface area contributed by atoms with E-state index >= 15 is 0 Å². The number of carbonyl (C=O) groups excluding carboxylic acids is 1. The van der Waals surface area contributed by atoms with Crippen molar-refractivity contribution in [3.63, 3.8) is 0 Å². The van der Waals surface area contributed by atoms with Gasteiger partial charge in [-0.15, -0.1) is 0 Å². The quantitative estimate of drug-likeness (QED) is 0.816. The van der Waals surface area contributed by atoms with Crippen molar-refractivity contribution in [2.24, 2.45) is 5.73 Å². The summed E-state index contributed by atoms with van der Waals surface area (Å²) in [6.07, 6.45) is 5.87. The summed E-state index contributed by atoms with van der Waals surface area (Å²) in [5.74, 6) is 0.754. The number of nitrogens with one attached hydrogen (secondary N) is 1. The highest BCUT2D eigenvalue weighted by molar-refractivity contribution is 5.76. The second-order valence-corrected chi connectivity index (χ2v) is 5.08. The Morgan fingerprint density at radius 1 is 1.58 bits per heavy atom. The fraction of sp³-hybridized carbons (Fsp3) is 0.615. The third-order valence-electron chi connectivity index (χ3n) is 3.13. The smallest absolute Gasteiger partial charge is 0.225 e. The molecule has 1 amide bonds. The highest BCUT2D eigenvalue weighted by atomic mass is 16.1. The van der Waals surface area contributed by atoms with Gasteiger partial charge in [0, 0.05) is 44.0 Å². The van der Waals surface area contributed by atoms with E-state index in [1.54, 1.807) is 18.5 Å². The molecule has 2 rings (SSSR count). The summed E-state index contributed by atoms with van der Waals surface area (Å²) in [6.45, 7) is 3.53. The summed E-state index contributed by atoms with van der Waals surface area (Å²) >= 11 is 0. The Morgan fingerprint density at radius 2 is 2.32 bits per heavy atom. The highest BCUT2D eigenvalue weighted by Gasteiger charge is 2.22. The van der Waals surface area contributed by atoms with Gasteiger partial charge in [0.25, 0.3) is 0 Å². The van der Waals surface area contributed by atoms with Crippen LogP contribution in [0.5, 0.6) is 0 Å². The summed E-state index contributed by atoms with van der Waals surface area (Å²) in [6, 6.07) is 1.86. The molecule has 1 aliphatic rings. The molecule has 0 aliphatic carbocycles. The maximum Gasteiger partial charge on any atom is 0.225 e. The first kappa shape index (κ1) is 13.7. The van der Waals surface area contributed by atoms with Crippen molar-refractivity contribution >= 4 is 11.9 Å². The predicted molar refractivity (Wildman–Crippen MR) is 73.7 cm³/mol. The van der Waals surface area contributed by atoms with Gasteiger partial charge in [0.1, 0.15) is 0 Å². The van der Waals surface area contributed by atoms with E-state index in [4.69, 9.17) is 5.73 Å². The third-order valence-corrected chi connectivity index (χ3v) is 3.13. The largest absolute Gasteiger partial charge is 0.352 e. The van der Waals surface area contributed by atoms with E-state index in [0.29, 0.717) is 6.42 Å². The van der Waals surface area contributed by atoms with E-state index in [9.17, 15) is 4.79 Å². The van der Waals surface area contributed by atoms with Gasteiger partial charge >= 0.3 is 0 Å². The van der Waals surface area contributed by atoms with Crippen LogP contribution in [0.1, 0.15) is 26.2 Å². The molecule has 19 heavy (non-hydrogen) atoms. The fourth-order valence-electron chi connectivity index (χ4n) is 2.31. The Hall–Kier alpha value is -1.69. The van der Waals surface area contributed by atoms with E-state index in [1.807, 2.05) is 6.92 Å². The van der Waals surface area contributed by atoms with Crippen LogP contribution in [0.2, 0.25) is 0 Å². The molecule has 0 saturated carbocycles. The lowest BCUT2D eigenvalue weighted by Crippen LogP contribution is -2.49. The lowest BCUT2D eigenvalue weighted by Gasteiger charge is -2.33. The van der Waals surface area contributed by atoms with Crippen LogP contribution in [-0.2, 0) is 4.79 Å². The monoisotopic (exact) mass is 263 g/mol. The number of carbonyl (C=O) groups is 1. The van der Waals surface area contributed by atoms with Crippen molar-refractivity contribution in [1.29, 1.82) is 0 Å². The zero-order chi connectivity index (χ0) is 13.7. The van der Waals surface area contributed by atoms with Crippen LogP contribution in [0, 0.1) is 0 Å². The average Bonchev–Trinajstić information content (AvgIpc) is 2.39. The molecule has 1 saturated heterocycles. The molecule has 1 aromatic rings. The van der Waals surface area contributed by atoms with Crippen LogP contribution in [0.3, 0.4) is 0 Å². The van der Waals surface area contributed by atoms with E-state index in [1.165, 1.54) is 0 Å². The van der Waals surface area contributed by atoms with Crippen molar-refractivity contribution in [2.45, 2.75) is 38.3 Å². The molecule has 6 heteroatoms. The first-order valence-electron chi connectivity index (χ1n) is 6.72. The van der Waals surface area contributed by atoms with Crippen molar-refractivity contribution in [3.8, 4) is 0 Å². The van der Waals surface area contributed by atoms with Gasteiger partial charge in [0.15, 0.2) is 0 Å². The number of hydrogen-bond acceptors (Lipinski definition) is 5. The molecule has 2 atom stereocenters. The normalized spacial score (nSPS) is 20.9. The number of anilines is 1. The zero-order valence-electron chi connectivity index (χ0n) is 11.2. The molecule has 1 aromatic heterocycles. The second-order valence-electron chi connectivity index (χ2n) is 5.08. The SMILES string of the molecule is CC(N)CC(=O)NC1CCCN(c2ncccn2)C1. The molecule has 0 bridgehead atoms. The molecule has 6 nitrogen and oxygen atoms in total. The minimum absolute atomic E-state index is 0.0239. The van der Waals surface area contributed by atoms with Gasteiger partial charge in [-0.25, -0.2) is 9.97 Å². The van der Waals surface area contributed by atoms with Gasteiger partial charge in [-0.05, 0) is 25.8 Å². The Kier molecular flexibility index (Phi) is 4.68. The number of nitrogens with two attached hydrogens (primary N) is 1. The summed E-state index contributed by atoms with van der Waals surface area (Å²) in [5.41, 5.74) is 5.63. The van der Waals surface area contributed by atoms with Gasteiger partial charge in [-0.1, -0.05) is 0 Å². The summed E-state index contributed by atoms with van der Waals surface area (Å²) < 4.78 is 0. The number of nitrogens with zero attached hydrogens (tertiary/aromatic N) is 3. The standard InChI is InChI=1S/C13H21N5O/c1-10(14)8-12(19)17-11-4-2-7-18(9-11)13-15-5-3-6-16-13/h3,5-6,10-11H,2,4,7-9,14H2,1H3,(H,17,19). The number of rotatable bonds is 4. The highest BCUT2D eigenvalue weighted by Crippen LogP contribution is 2.15. The van der Waals surface area contributed by atoms with Gasteiger partial charge < -0.3 is 16.0 Å². The van der Waals surface area contributed by atoms with E-state index in [-0.39, 0.29) is 18.0 Å². The topological polar surface area (TPSA) is 84.1 Å². The maximum absolute atomic E-state index is 11.7. The molecule has 0 radical (unpaired) electrons. The number of hydrogen-bond donors (Lipinski definition) is 2. The Balaban J connectivity index is 1.89. The first-order valence-corrected chi connectivity index (χ1v) is 6.72. The summed E-state index contributed by atoms with van der Waals surface area (Å²) in [7, 11) is 0. The van der Waals surface area contributed by atoms with E-state index < -0.39 is 0 Å². The van der Waals surface area contributed by atoms with Crippen LogP contribution < -0.4 is 16.0 Å². The molecule has 3 N–H and O–H groups in total. The number of amides is 1. The van der Waals surface area contributed by atoms with Crippen molar-refractivity contribution in [3.05, 3.63) is 18.5 Å². The van der Waals surface area contributed by atoms with Gasteiger partial charge in [0.05, 0.1) is 0 Å². The van der Waals surface area contributed by atoms with Crippen molar-refractivity contribution in [2.75, 3.05) is 18.0 Å². The van der Waals surface area contributed by atoms with E-state index in [0.717, 1.165) is 31.9 Å². The Morgan fingerprint density at radius 3 is 3.00 bits per heavy atom. The Bertz CT molecular complexity index is 409. The summed E-state index contributed by atoms with van der Waals surface area (Å²) in [5, 5.41) is 3.03. The van der Waals surface area contributed by atoms with Crippen LogP contribution in [0.25, 0.3) is 0 Å². The predicted octanol–water partition coefficient (Wildman–Crippen LogP) is 0.299. The molecular weight excluding hydrogens is 242 g/mol. The molecule has 1 fully saturated rings. The van der Waals surface area contributed by atoms with Gasteiger partial charge in [0.2, 0.25) is 11.9 Å². The molecule has 2 unspecified atom stereocenters. The van der Waals surface area contributed by atoms with Gasteiger partial charge in [-0.3, -0.25) is 4.79 Å². The molecule has 0 aromatic carbocycles. The maximum atomic E-state index is 11.7. The lowest BCUT2D eigenvalue weighted by atomic mass is 10.1. The Labute approximate surface area is 113 Å². The second kappa shape index (κ2) is 6.47. The molecule has 2 heterocycles. The number of aromatic nitrogens is 2. The minimum Gasteiger partial charge on any atom is -0.352 e. The molecular formula is C13H21N5O. The van der Waals surface area contributed by atoms with Gasteiger partial charge in [-0.2, -0.15) is 0 Å². The third kappa shape index (κ3) is 4.17. The fourth-order valence-corrected chi connectivity index (χ4v) is 2.31.